The number of hydrogen-bond donors (Lipinski definition) is 0. The standard InChI is InChI=1S/C19H18ClN3O3/c1-11-9-13(12(2)23(11)15-7-5-14(20)6-8-15)10-16-17(24)21(3)19(26)22(4)18(16)25/h5-10H,1-4H3. The Bertz CT molecular complexity index is 931. The first-order valence-corrected chi connectivity index (χ1v) is 8.37. The van der Waals surface area contributed by atoms with Crippen LogP contribution in [0.25, 0.3) is 11.8 Å². The van der Waals surface area contributed by atoms with Gasteiger partial charge in [-0.15, -0.1) is 0 Å². The zero-order valence-corrected chi connectivity index (χ0v) is 15.7. The smallest absolute Gasteiger partial charge is 0.318 e. The van der Waals surface area contributed by atoms with Gasteiger partial charge in [0.2, 0.25) is 0 Å². The molecule has 1 aliphatic rings. The molecule has 0 atom stereocenters. The van der Waals surface area contributed by atoms with Gasteiger partial charge in [0.1, 0.15) is 5.57 Å². The van der Waals surface area contributed by atoms with Gasteiger partial charge in [0.15, 0.2) is 0 Å². The molecule has 6 nitrogen and oxygen atoms in total. The largest absolute Gasteiger partial charge is 0.333 e. The minimum Gasteiger partial charge on any atom is -0.318 e. The number of likely N-dealkylation sites (N-methyl/N-ethyl adjacent to an activating group) is 2. The maximum Gasteiger partial charge on any atom is 0.333 e. The molecule has 1 saturated heterocycles. The molecule has 4 amide bonds. The molecule has 0 saturated carbocycles. The second-order valence-electron chi connectivity index (χ2n) is 6.21. The quantitative estimate of drug-likeness (QED) is 0.601. The molecule has 2 heterocycles. The predicted octanol–water partition coefficient (Wildman–Crippen LogP) is 3.18. The van der Waals surface area contributed by atoms with E-state index in [9.17, 15) is 14.4 Å². The number of barbiturate groups is 1. The second-order valence-corrected chi connectivity index (χ2v) is 6.64. The number of carbonyl (C=O) groups excluding carboxylic acids is 3. The number of imide groups is 2. The van der Waals surface area contributed by atoms with Crippen molar-refractivity contribution < 1.29 is 14.4 Å². The fourth-order valence-corrected chi connectivity index (χ4v) is 3.18. The summed E-state index contributed by atoms with van der Waals surface area (Å²) in [5, 5.41) is 0.646. The molecular formula is C19H18ClN3O3. The molecule has 134 valence electrons. The third-order valence-electron chi connectivity index (χ3n) is 4.50. The Morgan fingerprint density at radius 1 is 0.923 bits per heavy atom. The molecule has 26 heavy (non-hydrogen) atoms. The average Bonchev–Trinajstić information content (AvgIpc) is 2.90. The summed E-state index contributed by atoms with van der Waals surface area (Å²) in [7, 11) is 2.72. The van der Waals surface area contributed by atoms with Crippen LogP contribution in [0.1, 0.15) is 17.0 Å². The Hall–Kier alpha value is -2.86. The maximum atomic E-state index is 12.4. The van der Waals surface area contributed by atoms with Crippen molar-refractivity contribution in [2.45, 2.75) is 13.8 Å². The average molecular weight is 372 g/mol. The number of aryl methyl sites for hydroxylation is 1. The summed E-state index contributed by atoms with van der Waals surface area (Å²) < 4.78 is 2.01. The van der Waals surface area contributed by atoms with E-state index in [-0.39, 0.29) is 5.57 Å². The van der Waals surface area contributed by atoms with E-state index in [1.165, 1.54) is 14.1 Å². The summed E-state index contributed by atoms with van der Waals surface area (Å²) in [4.78, 5) is 38.5. The Labute approximate surface area is 156 Å². The second kappa shape index (κ2) is 6.46. The fourth-order valence-electron chi connectivity index (χ4n) is 3.05. The number of urea groups is 1. The molecule has 1 fully saturated rings. The molecular weight excluding hydrogens is 354 g/mol. The van der Waals surface area contributed by atoms with E-state index in [0.29, 0.717) is 5.02 Å². The predicted molar refractivity (Wildman–Crippen MR) is 99.2 cm³/mol. The summed E-state index contributed by atoms with van der Waals surface area (Å²) in [6.45, 7) is 3.85. The molecule has 0 N–H and O–H groups in total. The highest BCUT2D eigenvalue weighted by molar-refractivity contribution is 6.31. The number of nitrogens with zero attached hydrogens (tertiary/aromatic N) is 3. The van der Waals surface area contributed by atoms with E-state index in [4.69, 9.17) is 11.6 Å². The van der Waals surface area contributed by atoms with Crippen LogP contribution in [0.15, 0.2) is 35.9 Å². The van der Waals surface area contributed by atoms with Gasteiger partial charge in [0.05, 0.1) is 0 Å². The van der Waals surface area contributed by atoms with Crippen molar-refractivity contribution in [2.24, 2.45) is 0 Å². The first-order valence-electron chi connectivity index (χ1n) is 7.99. The Morgan fingerprint density at radius 3 is 2.00 bits per heavy atom. The van der Waals surface area contributed by atoms with Gasteiger partial charge in [0, 0.05) is 36.2 Å². The number of amides is 4. The van der Waals surface area contributed by atoms with Crippen molar-refractivity contribution in [3.05, 3.63) is 57.9 Å². The van der Waals surface area contributed by atoms with Gasteiger partial charge in [-0.2, -0.15) is 0 Å². The molecule has 0 unspecified atom stereocenters. The molecule has 1 aliphatic heterocycles. The monoisotopic (exact) mass is 371 g/mol. The van der Waals surface area contributed by atoms with E-state index in [2.05, 4.69) is 0 Å². The molecule has 0 aliphatic carbocycles. The Kier molecular flexibility index (Phi) is 4.46. The molecule has 0 bridgehead atoms. The number of aromatic nitrogens is 1. The van der Waals surface area contributed by atoms with Crippen LogP contribution in [-0.2, 0) is 9.59 Å². The molecule has 0 spiro atoms. The van der Waals surface area contributed by atoms with Crippen LogP contribution in [0, 0.1) is 13.8 Å². The van der Waals surface area contributed by atoms with Crippen LogP contribution in [0.5, 0.6) is 0 Å². The van der Waals surface area contributed by atoms with Crippen molar-refractivity contribution in [1.82, 2.24) is 14.4 Å². The number of carbonyl (C=O) groups is 3. The lowest BCUT2D eigenvalue weighted by Crippen LogP contribution is -2.52. The zero-order chi connectivity index (χ0) is 19.2. The SMILES string of the molecule is Cc1cc(C=C2C(=O)N(C)C(=O)N(C)C2=O)c(C)n1-c1ccc(Cl)cc1. The summed E-state index contributed by atoms with van der Waals surface area (Å²) >= 11 is 5.95. The van der Waals surface area contributed by atoms with Gasteiger partial charge in [-0.25, -0.2) is 4.79 Å². The van der Waals surface area contributed by atoms with Crippen LogP contribution in [0.3, 0.4) is 0 Å². The van der Waals surface area contributed by atoms with E-state index < -0.39 is 17.8 Å². The van der Waals surface area contributed by atoms with Gasteiger partial charge in [-0.1, -0.05) is 11.6 Å². The van der Waals surface area contributed by atoms with E-state index >= 15 is 0 Å². The zero-order valence-electron chi connectivity index (χ0n) is 14.9. The van der Waals surface area contributed by atoms with Crippen molar-refractivity contribution in [1.29, 1.82) is 0 Å². The van der Waals surface area contributed by atoms with Crippen molar-refractivity contribution in [2.75, 3.05) is 14.1 Å². The normalized spacial score (nSPS) is 15.1. The molecule has 2 aromatic rings. The van der Waals surface area contributed by atoms with Crippen LogP contribution >= 0.6 is 11.6 Å². The molecule has 3 rings (SSSR count). The maximum absolute atomic E-state index is 12.4. The fraction of sp³-hybridized carbons (Fsp3) is 0.211. The molecule has 1 aromatic carbocycles. The van der Waals surface area contributed by atoms with E-state index in [1.54, 1.807) is 18.2 Å². The van der Waals surface area contributed by atoms with Crippen LogP contribution < -0.4 is 0 Å². The van der Waals surface area contributed by atoms with E-state index in [1.807, 2.05) is 36.6 Å². The van der Waals surface area contributed by atoms with Gasteiger partial charge in [-0.05, 0) is 55.8 Å². The van der Waals surface area contributed by atoms with Crippen molar-refractivity contribution in [3.8, 4) is 5.69 Å². The molecule has 7 heteroatoms. The summed E-state index contributed by atoms with van der Waals surface area (Å²) in [6.07, 6.45) is 1.54. The first-order chi connectivity index (χ1) is 12.2. The number of hydrogen-bond acceptors (Lipinski definition) is 3. The van der Waals surface area contributed by atoms with Crippen LogP contribution in [0.2, 0.25) is 5.02 Å². The highest BCUT2D eigenvalue weighted by Gasteiger charge is 2.37. The van der Waals surface area contributed by atoms with Crippen molar-refractivity contribution >= 4 is 35.5 Å². The van der Waals surface area contributed by atoms with Gasteiger partial charge >= 0.3 is 6.03 Å². The lowest BCUT2D eigenvalue weighted by atomic mass is 10.1. The Morgan fingerprint density at radius 2 is 1.46 bits per heavy atom. The van der Waals surface area contributed by atoms with E-state index in [0.717, 1.165) is 32.4 Å². The molecule has 1 aromatic heterocycles. The third kappa shape index (κ3) is 2.82. The highest BCUT2D eigenvalue weighted by atomic mass is 35.5. The summed E-state index contributed by atoms with van der Waals surface area (Å²) in [5.41, 5.74) is 3.46. The lowest BCUT2D eigenvalue weighted by molar-refractivity contribution is -0.134. The number of benzene rings is 1. The number of rotatable bonds is 2. The van der Waals surface area contributed by atoms with Gasteiger partial charge in [0.25, 0.3) is 11.8 Å². The third-order valence-corrected chi connectivity index (χ3v) is 4.75. The summed E-state index contributed by atoms with van der Waals surface area (Å²) in [6, 6.07) is 8.67. The number of halogens is 1. The first kappa shape index (κ1) is 17.9. The topological polar surface area (TPSA) is 62.6 Å². The minimum atomic E-state index is -0.635. The van der Waals surface area contributed by atoms with Crippen LogP contribution in [0.4, 0.5) is 4.79 Å². The lowest BCUT2D eigenvalue weighted by Gasteiger charge is -2.28. The summed E-state index contributed by atoms with van der Waals surface area (Å²) in [5.74, 6) is -1.20. The highest BCUT2D eigenvalue weighted by Crippen LogP contribution is 2.25. The Balaban J connectivity index is 2.08. The van der Waals surface area contributed by atoms with Crippen LogP contribution in [-0.4, -0.2) is 46.3 Å². The van der Waals surface area contributed by atoms with Gasteiger partial charge < -0.3 is 4.57 Å². The van der Waals surface area contributed by atoms with Gasteiger partial charge in [-0.3, -0.25) is 19.4 Å². The minimum absolute atomic E-state index is 0.0362. The molecule has 0 radical (unpaired) electrons. The van der Waals surface area contributed by atoms with Crippen molar-refractivity contribution in [3.63, 3.8) is 0 Å².